The van der Waals surface area contributed by atoms with Crippen LogP contribution in [0.1, 0.15) is 58.3 Å². The number of hydrogen-bond acceptors (Lipinski definition) is 0. The van der Waals surface area contributed by atoms with Gasteiger partial charge in [0.2, 0.25) is 0 Å². The number of hydrogen-bond donors (Lipinski definition) is 0. The molecule has 1 atom stereocenters. The highest BCUT2D eigenvalue weighted by atomic mass is 127. The van der Waals surface area contributed by atoms with Gasteiger partial charge in [-0.3, -0.25) is 4.70 Å². The molecule has 0 bridgehead atoms. The topological polar surface area (TPSA) is 0 Å². The van der Waals surface area contributed by atoms with E-state index in [-0.39, 0.29) is 24.5 Å². The van der Waals surface area contributed by atoms with Gasteiger partial charge < -0.3 is 0 Å². The second kappa shape index (κ2) is 21.4. The monoisotopic (exact) mass is 1140 g/mol. The van der Waals surface area contributed by atoms with E-state index in [0.717, 1.165) is 0 Å². The van der Waals surface area contributed by atoms with Crippen LogP contribution in [0.25, 0.3) is 0 Å². The molecule has 0 aliphatic rings. The van der Waals surface area contributed by atoms with Crippen LogP contribution < -0.4 is 0 Å². The lowest BCUT2D eigenvalue weighted by atomic mass is 9.74. The summed E-state index contributed by atoms with van der Waals surface area (Å²) in [4.78, 5) is 0. The first-order valence-corrected chi connectivity index (χ1v) is 17.6. The predicted molar refractivity (Wildman–Crippen MR) is 164 cm³/mol. The van der Waals surface area contributed by atoms with Crippen LogP contribution in [0.5, 0.6) is 0 Å². The zero-order valence-corrected chi connectivity index (χ0v) is 32.3. The van der Waals surface area contributed by atoms with E-state index in [1.165, 1.54) is 22.6 Å². The Morgan fingerprint density at radius 1 is 0.351 bits per heavy atom. The van der Waals surface area contributed by atoms with E-state index in [9.17, 15) is 119 Å². The minimum absolute atomic E-state index is 0. The third kappa shape index (κ3) is 15.9. The molecule has 30 heteroatoms. The molecule has 0 rings (SSSR count). The molecule has 0 aliphatic heterocycles. The third-order valence-electron chi connectivity index (χ3n) is 7.87. The molecule has 0 fully saturated rings. The van der Waals surface area contributed by atoms with Gasteiger partial charge in [0, 0.05) is 19.3 Å². The highest BCUT2D eigenvalue weighted by Gasteiger charge is 2.76. The maximum atomic E-state index is 13.9. The molecule has 0 aromatic heterocycles. The average molecular weight is 1140 g/mol. The number of rotatable bonds is 14. The van der Waals surface area contributed by atoms with E-state index in [2.05, 4.69) is 13.2 Å². The Labute approximate surface area is 331 Å². The number of unbranched alkanes of at least 4 members (excludes halogenated alkanes) is 1. The zero-order chi connectivity index (χ0) is 46.2. The van der Waals surface area contributed by atoms with Gasteiger partial charge >= 0.3 is 49.4 Å². The molecule has 1 unspecified atom stereocenters. The Bertz CT molecular complexity index is 1000. The van der Waals surface area contributed by atoms with Crippen molar-refractivity contribution in [2.45, 2.75) is 125 Å². The van der Waals surface area contributed by atoms with Gasteiger partial charge in [-0.2, -0.15) is 105 Å². The minimum atomic E-state index is -6.68. The molecule has 0 aliphatic carbocycles. The van der Waals surface area contributed by atoms with Crippen molar-refractivity contribution in [2.24, 2.45) is 17.3 Å². The van der Waals surface area contributed by atoms with Crippen LogP contribution in [-0.2, 0) is 0 Å². The smallest absolute Gasteiger partial charge is 0.269 e. The van der Waals surface area contributed by atoms with E-state index in [1.54, 1.807) is 22.6 Å². The van der Waals surface area contributed by atoms with Crippen molar-refractivity contribution >= 4 is 45.2 Å². The fourth-order valence-electron chi connectivity index (χ4n) is 4.57. The first-order valence-electron chi connectivity index (χ1n) is 14.5. The lowest BCUT2D eigenvalue weighted by Crippen LogP contribution is -2.57. The van der Waals surface area contributed by atoms with Crippen molar-refractivity contribution in [2.75, 3.05) is 8.86 Å². The summed E-state index contributed by atoms with van der Waals surface area (Å²) < 4.78 is 345. The summed E-state index contributed by atoms with van der Waals surface area (Å²) >= 11 is 2.97. The van der Waals surface area contributed by atoms with Gasteiger partial charge in [-0.05, 0) is 46.9 Å². The van der Waals surface area contributed by atoms with Crippen molar-refractivity contribution in [3.8, 4) is 0 Å². The van der Waals surface area contributed by atoms with Gasteiger partial charge in [-0.25, -0.2) is 13.2 Å². The SMILES string of the molecule is C=C.CC(CC(CCCCI)CC(F)(C(F)(F)F)C(F)(F)F)(C(F)(F)F)C(F)(F)F.F.FC(F)(F)C(F)(CC(CCI)CC(F)(C(F)(F)F)C(F)(F)F)C(F)(F)F. The molecule has 0 radical (unpaired) electrons. The Morgan fingerprint density at radius 3 is 0.754 bits per heavy atom. The normalized spacial score (nSPS) is 15.3. The summed E-state index contributed by atoms with van der Waals surface area (Å²) in [5, 5.41) is 0. The third-order valence-corrected chi connectivity index (χ3v) is 9.25. The largest absolute Gasteiger partial charge is 0.431 e. The summed E-state index contributed by atoms with van der Waals surface area (Å²) in [6.45, 7) is 5.64. The maximum Gasteiger partial charge on any atom is 0.431 e. The van der Waals surface area contributed by atoms with Crippen LogP contribution in [-0.4, -0.2) is 75.3 Å². The van der Waals surface area contributed by atoms with Crippen molar-refractivity contribution in [3.63, 3.8) is 0 Å². The Kier molecular flexibility index (Phi) is 23.6. The first kappa shape index (κ1) is 62.9. The molecule has 0 aromatic carbocycles. The summed E-state index contributed by atoms with van der Waals surface area (Å²) in [6.07, 6.45) is -64.4. The Balaban J connectivity index is -0.000000465. The van der Waals surface area contributed by atoms with E-state index in [1.807, 2.05) is 0 Å². The van der Waals surface area contributed by atoms with E-state index in [4.69, 9.17) is 0 Å². The molecule has 0 aromatic rings. The summed E-state index contributed by atoms with van der Waals surface area (Å²) in [7, 11) is 0. The summed E-state index contributed by atoms with van der Waals surface area (Å²) in [6, 6.07) is 0. The highest BCUT2D eigenvalue weighted by molar-refractivity contribution is 14.1. The fraction of sp³-hybridized carbons (Fsp3) is 0.926. The van der Waals surface area contributed by atoms with Gasteiger partial charge in [0.15, 0.2) is 5.41 Å². The van der Waals surface area contributed by atoms with Gasteiger partial charge in [0.25, 0.3) is 17.0 Å². The molecule has 0 spiro atoms. The predicted octanol–water partition coefficient (Wildman–Crippen LogP) is 15.8. The van der Waals surface area contributed by atoms with Crippen molar-refractivity contribution in [1.29, 1.82) is 0 Å². The molecule has 57 heavy (non-hydrogen) atoms. The minimum Gasteiger partial charge on any atom is -0.269 e. The Hall–Kier alpha value is -0.760. The van der Waals surface area contributed by atoms with Crippen LogP contribution in [0.4, 0.5) is 123 Å². The molecule has 0 saturated carbocycles. The lowest BCUT2D eigenvalue weighted by Gasteiger charge is -2.39. The molecular formula is C27H30F28I2. The van der Waals surface area contributed by atoms with Gasteiger partial charge in [0.05, 0.1) is 0 Å². The average Bonchev–Trinajstić information content (AvgIpc) is 2.93. The van der Waals surface area contributed by atoms with Gasteiger partial charge in [-0.15, -0.1) is 13.2 Å². The molecule has 348 valence electrons. The summed E-state index contributed by atoms with van der Waals surface area (Å²) in [5.41, 5.74) is -22.7. The van der Waals surface area contributed by atoms with Crippen molar-refractivity contribution < 1.29 is 123 Å². The highest BCUT2D eigenvalue weighted by Crippen LogP contribution is 2.58. The number of halogens is 30. The van der Waals surface area contributed by atoms with Gasteiger partial charge in [0.1, 0.15) is 0 Å². The maximum absolute atomic E-state index is 13.9. The Morgan fingerprint density at radius 2 is 0.579 bits per heavy atom. The zero-order valence-electron chi connectivity index (χ0n) is 28.0. The lowest BCUT2D eigenvalue weighted by molar-refractivity contribution is -0.357. The van der Waals surface area contributed by atoms with Crippen LogP contribution in [0, 0.1) is 17.3 Å². The van der Waals surface area contributed by atoms with Crippen molar-refractivity contribution in [3.05, 3.63) is 13.2 Å². The molecule has 0 saturated heterocycles. The molecule has 0 N–H and O–H groups in total. The van der Waals surface area contributed by atoms with E-state index < -0.39 is 127 Å². The first-order chi connectivity index (χ1) is 24.3. The van der Waals surface area contributed by atoms with Crippen LogP contribution >= 0.6 is 45.2 Å². The van der Waals surface area contributed by atoms with E-state index in [0.29, 0.717) is 4.43 Å². The van der Waals surface area contributed by atoms with Crippen LogP contribution in [0.2, 0.25) is 0 Å². The standard InChI is InChI=1S/C14H16F13I.C11H9F14I.C2H4.FH/c1-9(11(16,17)18,12(19,20)21)6-8(4-2-3-5-28)7-10(15,13(22,23)24)14(25,26)27;12-6(8(14,15)16,9(17,18)19)3-5(1-2-26)4-7(13,10(20,21)22)11(23,24)25;1-2;/h8H,2-7H2,1H3;5H,1-4H2;1-2H2;1H. The quantitative estimate of drug-likeness (QED) is 0.0535. The molecular weight excluding hydrogens is 1110 g/mol. The van der Waals surface area contributed by atoms with E-state index >= 15 is 0 Å². The second-order valence-corrected chi connectivity index (χ2v) is 14.1. The molecule has 0 amide bonds. The van der Waals surface area contributed by atoms with Crippen molar-refractivity contribution in [1.82, 2.24) is 0 Å². The van der Waals surface area contributed by atoms with Gasteiger partial charge in [-0.1, -0.05) is 58.0 Å². The second-order valence-electron chi connectivity index (χ2n) is 11.9. The molecule has 0 heterocycles. The van der Waals surface area contributed by atoms with Crippen LogP contribution in [0.3, 0.4) is 0 Å². The van der Waals surface area contributed by atoms with Crippen LogP contribution in [0.15, 0.2) is 13.2 Å². The fourth-order valence-corrected chi connectivity index (χ4v) is 5.99. The number of alkyl halides is 29. The summed E-state index contributed by atoms with van der Waals surface area (Å²) in [5.74, 6) is -5.32. The molecule has 0 nitrogen and oxygen atoms in total.